The molecule has 0 bridgehead atoms. The third-order valence-corrected chi connectivity index (χ3v) is 2.99. The lowest BCUT2D eigenvalue weighted by Crippen LogP contribution is -1.96. The number of hydrogen-bond donors (Lipinski definition) is 1. The van der Waals surface area contributed by atoms with E-state index in [-0.39, 0.29) is 5.92 Å². The van der Waals surface area contributed by atoms with Gasteiger partial charge < -0.3 is 15.0 Å². The van der Waals surface area contributed by atoms with Crippen molar-refractivity contribution >= 4 is 17.5 Å². The van der Waals surface area contributed by atoms with Crippen molar-refractivity contribution in [3.8, 4) is 17.0 Å². The molecule has 0 fully saturated rings. The Morgan fingerprint density at radius 3 is 2.72 bits per heavy atom. The summed E-state index contributed by atoms with van der Waals surface area (Å²) in [7, 11) is 1.59. The predicted molar refractivity (Wildman–Crippen MR) is 72.0 cm³/mol. The maximum atomic E-state index is 5.94. The van der Waals surface area contributed by atoms with E-state index in [1.165, 1.54) is 0 Å². The van der Waals surface area contributed by atoms with Gasteiger partial charge in [0, 0.05) is 16.1 Å². The van der Waals surface area contributed by atoms with Crippen LogP contribution in [0.2, 0.25) is 5.02 Å². The Kier molecular flexibility index (Phi) is 3.48. The first-order chi connectivity index (χ1) is 8.54. The highest BCUT2D eigenvalue weighted by atomic mass is 35.5. The lowest BCUT2D eigenvalue weighted by atomic mass is 9.98. The molecule has 2 N–H and O–H groups in total. The SMILES string of the molecule is COc1cc(Cl)ccc1-c1noc(N)c1C(C)C. The lowest BCUT2D eigenvalue weighted by Gasteiger charge is -2.09. The summed E-state index contributed by atoms with van der Waals surface area (Å²) in [5.41, 5.74) is 8.22. The summed E-state index contributed by atoms with van der Waals surface area (Å²) in [6.45, 7) is 4.07. The van der Waals surface area contributed by atoms with Gasteiger partial charge in [-0.15, -0.1) is 0 Å². The van der Waals surface area contributed by atoms with Crippen molar-refractivity contribution in [3.63, 3.8) is 0 Å². The summed E-state index contributed by atoms with van der Waals surface area (Å²) in [5, 5.41) is 4.63. The minimum Gasteiger partial charge on any atom is -0.496 e. The second kappa shape index (κ2) is 4.90. The van der Waals surface area contributed by atoms with Crippen molar-refractivity contribution in [1.29, 1.82) is 0 Å². The van der Waals surface area contributed by atoms with Crippen LogP contribution in [0, 0.1) is 0 Å². The Morgan fingerprint density at radius 1 is 1.39 bits per heavy atom. The third-order valence-electron chi connectivity index (χ3n) is 2.75. The van der Waals surface area contributed by atoms with Crippen molar-refractivity contribution in [1.82, 2.24) is 5.16 Å². The molecule has 0 atom stereocenters. The highest BCUT2D eigenvalue weighted by molar-refractivity contribution is 6.30. The van der Waals surface area contributed by atoms with Gasteiger partial charge in [-0.1, -0.05) is 30.6 Å². The molecule has 2 rings (SSSR count). The quantitative estimate of drug-likeness (QED) is 0.920. The van der Waals surface area contributed by atoms with Crippen LogP contribution in [0.5, 0.6) is 5.75 Å². The second-order valence-electron chi connectivity index (χ2n) is 4.31. The fraction of sp³-hybridized carbons (Fsp3) is 0.308. The van der Waals surface area contributed by atoms with Crippen LogP contribution in [0.15, 0.2) is 22.7 Å². The number of nitrogens with zero attached hydrogens (tertiary/aromatic N) is 1. The number of benzene rings is 1. The summed E-state index contributed by atoms with van der Waals surface area (Å²) in [6, 6.07) is 5.38. The van der Waals surface area contributed by atoms with Gasteiger partial charge in [-0.25, -0.2) is 0 Å². The predicted octanol–water partition coefficient (Wildman–Crippen LogP) is 3.71. The average Bonchev–Trinajstić information content (AvgIpc) is 2.70. The van der Waals surface area contributed by atoms with E-state index in [9.17, 15) is 0 Å². The molecule has 5 heteroatoms. The smallest absolute Gasteiger partial charge is 0.226 e. The van der Waals surface area contributed by atoms with Crippen LogP contribution in [-0.4, -0.2) is 12.3 Å². The van der Waals surface area contributed by atoms with Gasteiger partial charge in [0.05, 0.1) is 7.11 Å². The molecule has 0 aliphatic heterocycles. The molecule has 0 aliphatic rings. The molecule has 0 saturated heterocycles. The summed E-state index contributed by atoms with van der Waals surface area (Å²) in [4.78, 5) is 0. The Morgan fingerprint density at radius 2 is 2.11 bits per heavy atom. The number of hydrogen-bond acceptors (Lipinski definition) is 4. The molecule has 0 radical (unpaired) electrons. The van der Waals surface area contributed by atoms with E-state index in [1.54, 1.807) is 19.2 Å². The molecule has 4 nitrogen and oxygen atoms in total. The molecule has 0 aliphatic carbocycles. The zero-order valence-corrected chi connectivity index (χ0v) is 11.3. The largest absolute Gasteiger partial charge is 0.496 e. The van der Waals surface area contributed by atoms with Gasteiger partial charge in [0.25, 0.3) is 0 Å². The molecule has 1 aromatic carbocycles. The zero-order chi connectivity index (χ0) is 13.3. The molecular formula is C13H15ClN2O2. The number of anilines is 1. The number of aromatic nitrogens is 1. The van der Waals surface area contributed by atoms with Crippen molar-refractivity contribution < 1.29 is 9.26 Å². The van der Waals surface area contributed by atoms with Crippen LogP contribution >= 0.6 is 11.6 Å². The van der Waals surface area contributed by atoms with E-state index < -0.39 is 0 Å². The Balaban J connectivity index is 2.62. The van der Waals surface area contributed by atoms with Crippen molar-refractivity contribution in [2.24, 2.45) is 0 Å². The van der Waals surface area contributed by atoms with E-state index in [0.717, 1.165) is 11.1 Å². The maximum Gasteiger partial charge on any atom is 0.226 e. The summed E-state index contributed by atoms with van der Waals surface area (Å²) in [6.07, 6.45) is 0. The molecule has 1 heterocycles. The molecular weight excluding hydrogens is 252 g/mol. The van der Waals surface area contributed by atoms with Gasteiger partial charge in [-0.2, -0.15) is 0 Å². The fourth-order valence-corrected chi connectivity index (χ4v) is 2.08. The van der Waals surface area contributed by atoms with E-state index in [2.05, 4.69) is 5.16 Å². The molecule has 18 heavy (non-hydrogen) atoms. The van der Waals surface area contributed by atoms with Gasteiger partial charge in [0.2, 0.25) is 5.88 Å². The maximum absolute atomic E-state index is 5.94. The zero-order valence-electron chi connectivity index (χ0n) is 10.5. The summed E-state index contributed by atoms with van der Waals surface area (Å²) >= 11 is 5.94. The fourth-order valence-electron chi connectivity index (χ4n) is 1.92. The van der Waals surface area contributed by atoms with Crippen molar-refractivity contribution in [3.05, 3.63) is 28.8 Å². The van der Waals surface area contributed by atoms with Crippen LogP contribution in [0.1, 0.15) is 25.3 Å². The Hall–Kier alpha value is -1.68. The summed E-state index contributed by atoms with van der Waals surface area (Å²) < 4.78 is 10.4. The van der Waals surface area contributed by atoms with E-state index in [4.69, 9.17) is 26.6 Å². The normalized spacial score (nSPS) is 10.9. The number of nitrogen functional groups attached to an aromatic ring is 1. The number of halogens is 1. The highest BCUT2D eigenvalue weighted by Crippen LogP contribution is 2.38. The first kappa shape index (κ1) is 12.8. The van der Waals surface area contributed by atoms with Crippen LogP contribution in [0.4, 0.5) is 5.88 Å². The minimum atomic E-state index is 0.214. The van der Waals surface area contributed by atoms with Gasteiger partial charge in [-0.05, 0) is 24.1 Å². The summed E-state index contributed by atoms with van der Waals surface area (Å²) in [5.74, 6) is 1.21. The second-order valence-corrected chi connectivity index (χ2v) is 4.74. The molecule has 2 aromatic rings. The van der Waals surface area contributed by atoms with Gasteiger partial charge in [0.15, 0.2) is 0 Å². The molecule has 0 unspecified atom stereocenters. The Labute approximate surface area is 111 Å². The molecule has 0 amide bonds. The molecule has 0 saturated carbocycles. The highest BCUT2D eigenvalue weighted by Gasteiger charge is 2.21. The van der Waals surface area contributed by atoms with E-state index >= 15 is 0 Å². The third kappa shape index (κ3) is 2.16. The van der Waals surface area contributed by atoms with Crippen LogP contribution < -0.4 is 10.5 Å². The number of ether oxygens (including phenoxy) is 1. The standard InChI is InChI=1S/C13H15ClN2O2/c1-7(2)11-12(16-18-13(11)15)9-5-4-8(14)6-10(9)17-3/h4-7H,15H2,1-3H3. The van der Waals surface area contributed by atoms with E-state index in [0.29, 0.717) is 22.4 Å². The first-order valence-electron chi connectivity index (χ1n) is 5.63. The topological polar surface area (TPSA) is 61.3 Å². The molecule has 96 valence electrons. The van der Waals surface area contributed by atoms with Gasteiger partial charge in [-0.3, -0.25) is 0 Å². The number of nitrogens with two attached hydrogens (primary N) is 1. The van der Waals surface area contributed by atoms with Crippen molar-refractivity contribution in [2.45, 2.75) is 19.8 Å². The number of methoxy groups -OCH3 is 1. The van der Waals surface area contributed by atoms with Crippen LogP contribution in [0.3, 0.4) is 0 Å². The lowest BCUT2D eigenvalue weighted by molar-refractivity contribution is 0.414. The molecule has 0 spiro atoms. The van der Waals surface area contributed by atoms with Gasteiger partial charge in [0.1, 0.15) is 11.4 Å². The average molecular weight is 267 g/mol. The van der Waals surface area contributed by atoms with Crippen molar-refractivity contribution in [2.75, 3.05) is 12.8 Å². The number of rotatable bonds is 3. The first-order valence-corrected chi connectivity index (χ1v) is 6.01. The van der Waals surface area contributed by atoms with Crippen LogP contribution in [-0.2, 0) is 0 Å². The van der Waals surface area contributed by atoms with Crippen LogP contribution in [0.25, 0.3) is 11.3 Å². The monoisotopic (exact) mass is 266 g/mol. The Bertz CT molecular complexity index is 564. The van der Waals surface area contributed by atoms with Gasteiger partial charge >= 0.3 is 0 Å². The minimum absolute atomic E-state index is 0.214. The van der Waals surface area contributed by atoms with E-state index in [1.807, 2.05) is 19.9 Å². The molecule has 1 aromatic heterocycles.